The fourth-order valence-corrected chi connectivity index (χ4v) is 3.35. The first kappa shape index (κ1) is 13.7. The molecular formula is C17H19BrN2. The van der Waals surface area contributed by atoms with Gasteiger partial charge >= 0.3 is 0 Å². The van der Waals surface area contributed by atoms with Crippen LogP contribution in [0.3, 0.4) is 0 Å². The first-order chi connectivity index (χ1) is 9.65. The summed E-state index contributed by atoms with van der Waals surface area (Å²) in [4.78, 5) is 2.38. The van der Waals surface area contributed by atoms with Crippen LogP contribution in [0, 0.1) is 0 Å². The summed E-state index contributed by atoms with van der Waals surface area (Å²) < 4.78 is 1.15. The van der Waals surface area contributed by atoms with Crippen LogP contribution in [0.15, 0.2) is 46.9 Å². The molecule has 2 N–H and O–H groups in total. The zero-order chi connectivity index (χ0) is 14.1. The molecule has 0 saturated heterocycles. The summed E-state index contributed by atoms with van der Waals surface area (Å²) in [6, 6.07) is 15.4. The average molecular weight is 331 g/mol. The molecule has 0 fully saturated rings. The van der Waals surface area contributed by atoms with Crippen molar-refractivity contribution in [3.63, 3.8) is 0 Å². The Hall–Kier alpha value is -1.32. The van der Waals surface area contributed by atoms with E-state index in [4.69, 9.17) is 5.73 Å². The van der Waals surface area contributed by atoms with Crippen molar-refractivity contribution in [3.05, 3.63) is 58.1 Å². The molecule has 0 aromatic heterocycles. The van der Waals surface area contributed by atoms with Gasteiger partial charge in [-0.3, -0.25) is 0 Å². The average Bonchev–Trinajstić information content (AvgIpc) is 2.84. The Morgan fingerprint density at radius 2 is 2.05 bits per heavy atom. The molecule has 0 saturated carbocycles. The van der Waals surface area contributed by atoms with E-state index in [9.17, 15) is 0 Å². The molecule has 20 heavy (non-hydrogen) atoms. The Bertz CT molecular complexity index is 622. The zero-order valence-electron chi connectivity index (χ0n) is 11.6. The normalized spacial score (nSPS) is 15.2. The van der Waals surface area contributed by atoms with Crippen molar-refractivity contribution in [2.75, 3.05) is 11.4 Å². The maximum Gasteiger partial charge on any atom is 0.0444 e. The Balaban J connectivity index is 1.91. The molecule has 1 aliphatic rings. The lowest BCUT2D eigenvalue weighted by atomic mass is 10.1. The van der Waals surface area contributed by atoms with E-state index in [2.05, 4.69) is 63.3 Å². The fourth-order valence-electron chi connectivity index (χ4n) is 2.82. The second kappa shape index (κ2) is 5.58. The minimum Gasteiger partial charge on any atom is -0.341 e. The van der Waals surface area contributed by atoms with Crippen LogP contribution in [0.4, 0.5) is 11.4 Å². The lowest BCUT2D eigenvalue weighted by Crippen LogP contribution is -2.18. The highest BCUT2D eigenvalue weighted by Crippen LogP contribution is 2.36. The van der Waals surface area contributed by atoms with Gasteiger partial charge < -0.3 is 10.6 Å². The Labute approximate surface area is 128 Å². The van der Waals surface area contributed by atoms with E-state index in [0.29, 0.717) is 0 Å². The Morgan fingerprint density at radius 3 is 2.80 bits per heavy atom. The van der Waals surface area contributed by atoms with Crippen molar-refractivity contribution < 1.29 is 0 Å². The summed E-state index contributed by atoms with van der Waals surface area (Å²) in [5.41, 5.74) is 11.2. The van der Waals surface area contributed by atoms with E-state index >= 15 is 0 Å². The monoisotopic (exact) mass is 330 g/mol. The second-order valence-electron chi connectivity index (χ2n) is 5.49. The molecule has 1 aliphatic heterocycles. The maximum absolute atomic E-state index is 5.89. The number of hydrogen-bond donors (Lipinski definition) is 1. The molecule has 0 radical (unpaired) electrons. The van der Waals surface area contributed by atoms with Crippen LogP contribution in [0.2, 0.25) is 0 Å². The third kappa shape index (κ3) is 2.60. The van der Waals surface area contributed by atoms with Gasteiger partial charge in [0, 0.05) is 28.4 Å². The Kier molecular flexibility index (Phi) is 3.81. The van der Waals surface area contributed by atoms with Crippen molar-refractivity contribution in [2.45, 2.75) is 25.8 Å². The van der Waals surface area contributed by atoms with Crippen molar-refractivity contribution >= 4 is 27.3 Å². The van der Waals surface area contributed by atoms with Crippen LogP contribution >= 0.6 is 15.9 Å². The van der Waals surface area contributed by atoms with Gasteiger partial charge in [0.2, 0.25) is 0 Å². The van der Waals surface area contributed by atoms with Gasteiger partial charge in [-0.25, -0.2) is 0 Å². The van der Waals surface area contributed by atoms with E-state index in [0.717, 1.165) is 23.9 Å². The van der Waals surface area contributed by atoms with Crippen LogP contribution in [-0.2, 0) is 12.8 Å². The summed E-state index contributed by atoms with van der Waals surface area (Å²) in [5, 5.41) is 0. The van der Waals surface area contributed by atoms with Gasteiger partial charge in [0.25, 0.3) is 0 Å². The van der Waals surface area contributed by atoms with Crippen LogP contribution in [0.25, 0.3) is 0 Å². The predicted octanol–water partition coefficient (Wildman–Crippen LogP) is 4.03. The predicted molar refractivity (Wildman–Crippen MR) is 88.6 cm³/mol. The molecule has 0 bridgehead atoms. The molecule has 1 atom stereocenters. The van der Waals surface area contributed by atoms with Gasteiger partial charge in [0.1, 0.15) is 0 Å². The first-order valence-corrected chi connectivity index (χ1v) is 7.84. The van der Waals surface area contributed by atoms with Crippen LogP contribution < -0.4 is 10.6 Å². The third-order valence-corrected chi connectivity index (χ3v) is 4.52. The molecule has 2 nitrogen and oxygen atoms in total. The number of rotatable bonds is 3. The van der Waals surface area contributed by atoms with Gasteiger partial charge in [-0.15, -0.1) is 0 Å². The van der Waals surface area contributed by atoms with E-state index in [1.165, 1.54) is 22.5 Å². The van der Waals surface area contributed by atoms with Gasteiger partial charge in [-0.1, -0.05) is 40.2 Å². The number of nitrogens with two attached hydrogens (primary N) is 1. The highest BCUT2D eigenvalue weighted by Gasteiger charge is 2.20. The zero-order valence-corrected chi connectivity index (χ0v) is 13.2. The molecule has 1 heterocycles. The van der Waals surface area contributed by atoms with Crippen LogP contribution in [0.1, 0.15) is 18.1 Å². The number of hydrogen-bond acceptors (Lipinski definition) is 2. The largest absolute Gasteiger partial charge is 0.341 e. The lowest BCUT2D eigenvalue weighted by molar-refractivity contribution is 0.736. The summed E-state index contributed by atoms with van der Waals surface area (Å²) >= 11 is 3.68. The SMILES string of the molecule is CC(N)Cc1ccc(N2CCc3ccccc32)cc1Br. The van der Waals surface area contributed by atoms with E-state index in [1.807, 2.05) is 6.92 Å². The van der Waals surface area contributed by atoms with Crippen molar-refractivity contribution in [3.8, 4) is 0 Å². The molecule has 0 aliphatic carbocycles. The third-order valence-electron chi connectivity index (χ3n) is 3.78. The van der Waals surface area contributed by atoms with Gasteiger partial charge in [-0.05, 0) is 49.1 Å². The van der Waals surface area contributed by atoms with E-state index in [-0.39, 0.29) is 6.04 Å². The maximum atomic E-state index is 5.89. The number of benzene rings is 2. The summed E-state index contributed by atoms with van der Waals surface area (Å²) in [6.07, 6.45) is 2.02. The standard InChI is InChI=1S/C17H19BrN2/c1-12(19)10-14-6-7-15(11-16(14)18)20-9-8-13-4-2-3-5-17(13)20/h2-7,11-12H,8-10,19H2,1H3. The quantitative estimate of drug-likeness (QED) is 0.920. The molecule has 2 aromatic rings. The van der Waals surface area contributed by atoms with Gasteiger partial charge in [-0.2, -0.15) is 0 Å². The lowest BCUT2D eigenvalue weighted by Gasteiger charge is -2.21. The number of para-hydroxylation sites is 1. The smallest absolute Gasteiger partial charge is 0.0444 e. The minimum atomic E-state index is 0.185. The van der Waals surface area contributed by atoms with Gasteiger partial charge in [0.05, 0.1) is 0 Å². The summed E-state index contributed by atoms with van der Waals surface area (Å²) in [6.45, 7) is 3.09. The van der Waals surface area contributed by atoms with E-state index < -0.39 is 0 Å². The Morgan fingerprint density at radius 1 is 1.25 bits per heavy atom. The van der Waals surface area contributed by atoms with Crippen LogP contribution in [-0.4, -0.2) is 12.6 Å². The molecular weight excluding hydrogens is 312 g/mol. The van der Waals surface area contributed by atoms with Crippen molar-refractivity contribution in [1.29, 1.82) is 0 Å². The first-order valence-electron chi connectivity index (χ1n) is 7.04. The molecule has 3 heteroatoms. The molecule has 3 rings (SSSR count). The molecule has 1 unspecified atom stereocenters. The highest BCUT2D eigenvalue weighted by atomic mass is 79.9. The molecule has 0 spiro atoms. The fraction of sp³-hybridized carbons (Fsp3) is 0.294. The second-order valence-corrected chi connectivity index (χ2v) is 6.34. The van der Waals surface area contributed by atoms with Crippen LogP contribution in [0.5, 0.6) is 0 Å². The number of fused-ring (bicyclic) bond motifs is 1. The summed E-state index contributed by atoms with van der Waals surface area (Å²) in [7, 11) is 0. The molecule has 2 aromatic carbocycles. The highest BCUT2D eigenvalue weighted by molar-refractivity contribution is 9.10. The van der Waals surface area contributed by atoms with Crippen molar-refractivity contribution in [1.82, 2.24) is 0 Å². The number of anilines is 2. The number of halogens is 1. The summed E-state index contributed by atoms with van der Waals surface area (Å²) in [5.74, 6) is 0. The minimum absolute atomic E-state index is 0.185. The topological polar surface area (TPSA) is 29.3 Å². The van der Waals surface area contributed by atoms with Crippen molar-refractivity contribution in [2.24, 2.45) is 5.73 Å². The molecule has 0 amide bonds. The number of nitrogens with zero attached hydrogens (tertiary/aromatic N) is 1. The van der Waals surface area contributed by atoms with Gasteiger partial charge in [0.15, 0.2) is 0 Å². The molecule has 104 valence electrons. The van der Waals surface area contributed by atoms with E-state index in [1.54, 1.807) is 0 Å².